The van der Waals surface area contributed by atoms with Gasteiger partial charge >= 0.3 is 0 Å². The van der Waals surface area contributed by atoms with Crippen molar-refractivity contribution in [3.05, 3.63) is 0 Å². The van der Waals surface area contributed by atoms with Crippen LogP contribution in [0, 0.1) is 0 Å². The van der Waals surface area contributed by atoms with Crippen LogP contribution in [0.3, 0.4) is 0 Å². The zero-order valence-corrected chi connectivity index (χ0v) is 10.8. The summed E-state index contributed by atoms with van der Waals surface area (Å²) in [6, 6.07) is 0. The normalized spacial score (nSPS) is 10.1. The van der Waals surface area contributed by atoms with Gasteiger partial charge in [-0.2, -0.15) is 0 Å². The molecule has 0 aromatic carbocycles. The maximum atomic E-state index is 11.3. The summed E-state index contributed by atoms with van der Waals surface area (Å²) in [6.07, 6.45) is 3.94. The van der Waals surface area contributed by atoms with Gasteiger partial charge in [0.05, 0.1) is 4.99 Å². The first-order valence-corrected chi connectivity index (χ1v) is 6.20. The number of hydrogen-bond acceptors (Lipinski definition) is 3. The van der Waals surface area contributed by atoms with Crippen LogP contribution in [0.2, 0.25) is 0 Å². The molecule has 0 aromatic rings. The van der Waals surface area contributed by atoms with E-state index in [9.17, 15) is 4.79 Å². The molecule has 0 saturated heterocycles. The molecule has 0 atom stereocenters. The van der Waals surface area contributed by atoms with Crippen molar-refractivity contribution in [3.8, 4) is 0 Å². The van der Waals surface area contributed by atoms with Crippen molar-refractivity contribution >= 4 is 23.1 Å². The molecule has 0 heterocycles. The number of ether oxygens (including phenoxy) is 1. The van der Waals surface area contributed by atoms with Crippen molar-refractivity contribution in [2.75, 3.05) is 19.8 Å². The van der Waals surface area contributed by atoms with Gasteiger partial charge in [-0.3, -0.25) is 4.79 Å². The molecule has 1 amide bonds. The Morgan fingerprint density at radius 3 is 2.69 bits per heavy atom. The van der Waals surface area contributed by atoms with Crippen molar-refractivity contribution < 1.29 is 9.53 Å². The molecule has 0 spiro atoms. The highest BCUT2D eigenvalue weighted by molar-refractivity contribution is 7.80. The third-order valence-corrected chi connectivity index (χ3v) is 2.27. The van der Waals surface area contributed by atoms with Crippen LogP contribution in [0.1, 0.15) is 39.0 Å². The summed E-state index contributed by atoms with van der Waals surface area (Å²) in [7, 11) is 0. The second kappa shape index (κ2) is 10.8. The molecule has 3 N–H and O–H groups in total. The molecule has 4 nitrogen and oxygen atoms in total. The first-order valence-electron chi connectivity index (χ1n) is 5.79. The quantitative estimate of drug-likeness (QED) is 0.451. The Morgan fingerprint density at radius 2 is 2.06 bits per heavy atom. The van der Waals surface area contributed by atoms with E-state index in [1.807, 2.05) is 6.92 Å². The van der Waals surface area contributed by atoms with E-state index >= 15 is 0 Å². The number of nitrogens with two attached hydrogens (primary N) is 1. The van der Waals surface area contributed by atoms with Crippen LogP contribution in [0.4, 0.5) is 0 Å². The second-order valence-corrected chi connectivity index (χ2v) is 4.10. The number of carbonyl (C=O) groups is 1. The molecular formula is C11H22N2O2S. The van der Waals surface area contributed by atoms with E-state index in [0.29, 0.717) is 31.2 Å². The van der Waals surface area contributed by atoms with Crippen LogP contribution in [-0.4, -0.2) is 30.7 Å². The van der Waals surface area contributed by atoms with E-state index in [-0.39, 0.29) is 5.91 Å². The van der Waals surface area contributed by atoms with Gasteiger partial charge in [0.15, 0.2) is 0 Å². The summed E-state index contributed by atoms with van der Waals surface area (Å²) in [6.45, 7) is 4.02. The highest BCUT2D eigenvalue weighted by Crippen LogP contribution is 1.95. The Bertz CT molecular complexity index is 210. The van der Waals surface area contributed by atoms with E-state index in [2.05, 4.69) is 5.32 Å². The molecule has 94 valence electrons. The molecule has 0 saturated carbocycles. The van der Waals surface area contributed by atoms with Crippen molar-refractivity contribution in [2.45, 2.75) is 39.0 Å². The molecule has 0 aliphatic carbocycles. The highest BCUT2D eigenvalue weighted by Gasteiger charge is 2.00. The average Bonchev–Trinajstić information content (AvgIpc) is 2.23. The number of thiocarbonyl (C=S) groups is 1. The number of unbranched alkanes of at least 4 members (excludes halogenated alkanes) is 1. The fourth-order valence-electron chi connectivity index (χ4n) is 1.22. The Labute approximate surface area is 103 Å². The lowest BCUT2D eigenvalue weighted by molar-refractivity contribution is -0.121. The van der Waals surface area contributed by atoms with E-state index < -0.39 is 0 Å². The van der Waals surface area contributed by atoms with Gasteiger partial charge in [0.25, 0.3) is 0 Å². The van der Waals surface area contributed by atoms with Crippen LogP contribution in [0.25, 0.3) is 0 Å². The SMILES string of the molecule is CCOCCCC(=O)NCCCCC(N)=S. The molecule has 0 unspecified atom stereocenters. The predicted molar refractivity (Wildman–Crippen MR) is 69.4 cm³/mol. The van der Waals surface area contributed by atoms with E-state index in [0.717, 1.165) is 25.7 Å². The summed E-state index contributed by atoms with van der Waals surface area (Å²) in [4.78, 5) is 11.8. The largest absolute Gasteiger partial charge is 0.393 e. The van der Waals surface area contributed by atoms with E-state index in [1.54, 1.807) is 0 Å². The Kier molecular flexibility index (Phi) is 10.4. The van der Waals surface area contributed by atoms with Gasteiger partial charge in [0.1, 0.15) is 0 Å². The number of nitrogens with one attached hydrogen (secondary N) is 1. The van der Waals surface area contributed by atoms with Crippen molar-refractivity contribution in [1.82, 2.24) is 5.32 Å². The van der Waals surface area contributed by atoms with E-state index in [4.69, 9.17) is 22.7 Å². The van der Waals surface area contributed by atoms with Crippen molar-refractivity contribution in [1.29, 1.82) is 0 Å². The fourth-order valence-corrected chi connectivity index (χ4v) is 1.36. The van der Waals surface area contributed by atoms with Gasteiger partial charge in [-0.1, -0.05) is 12.2 Å². The summed E-state index contributed by atoms with van der Waals surface area (Å²) < 4.78 is 5.15. The van der Waals surface area contributed by atoms with Gasteiger partial charge in [-0.25, -0.2) is 0 Å². The summed E-state index contributed by atoms with van der Waals surface area (Å²) in [5, 5.41) is 2.85. The smallest absolute Gasteiger partial charge is 0.220 e. The number of rotatable bonds is 10. The Morgan fingerprint density at radius 1 is 1.31 bits per heavy atom. The monoisotopic (exact) mass is 246 g/mol. The van der Waals surface area contributed by atoms with Crippen LogP contribution < -0.4 is 11.1 Å². The van der Waals surface area contributed by atoms with Gasteiger partial charge in [-0.05, 0) is 32.6 Å². The Balaban J connectivity index is 3.20. The first-order chi connectivity index (χ1) is 7.66. The third kappa shape index (κ3) is 11.4. The molecule has 5 heteroatoms. The maximum absolute atomic E-state index is 11.3. The predicted octanol–water partition coefficient (Wildman–Crippen LogP) is 1.38. The van der Waals surface area contributed by atoms with Crippen LogP contribution in [0.5, 0.6) is 0 Å². The molecule has 0 aliphatic rings. The van der Waals surface area contributed by atoms with Crippen LogP contribution in [0.15, 0.2) is 0 Å². The molecule has 0 bridgehead atoms. The first kappa shape index (κ1) is 15.3. The van der Waals surface area contributed by atoms with E-state index in [1.165, 1.54) is 0 Å². The fraction of sp³-hybridized carbons (Fsp3) is 0.818. The van der Waals surface area contributed by atoms with Crippen molar-refractivity contribution in [3.63, 3.8) is 0 Å². The second-order valence-electron chi connectivity index (χ2n) is 3.57. The molecule has 0 fully saturated rings. The average molecular weight is 246 g/mol. The zero-order chi connectivity index (χ0) is 12.2. The lowest BCUT2D eigenvalue weighted by Gasteiger charge is -2.05. The maximum Gasteiger partial charge on any atom is 0.220 e. The molecule has 16 heavy (non-hydrogen) atoms. The zero-order valence-electron chi connectivity index (χ0n) is 9.96. The summed E-state index contributed by atoms with van der Waals surface area (Å²) >= 11 is 4.76. The van der Waals surface area contributed by atoms with Crippen LogP contribution in [-0.2, 0) is 9.53 Å². The summed E-state index contributed by atoms with van der Waals surface area (Å²) in [5.74, 6) is 0.0926. The minimum atomic E-state index is 0.0926. The van der Waals surface area contributed by atoms with Gasteiger partial charge in [-0.15, -0.1) is 0 Å². The van der Waals surface area contributed by atoms with Crippen molar-refractivity contribution in [2.24, 2.45) is 5.73 Å². The lowest BCUT2D eigenvalue weighted by Crippen LogP contribution is -2.24. The lowest BCUT2D eigenvalue weighted by atomic mass is 10.2. The van der Waals surface area contributed by atoms with Gasteiger partial charge in [0.2, 0.25) is 5.91 Å². The minimum absolute atomic E-state index is 0.0926. The number of carbonyl (C=O) groups excluding carboxylic acids is 1. The van der Waals surface area contributed by atoms with Gasteiger partial charge < -0.3 is 15.8 Å². The summed E-state index contributed by atoms with van der Waals surface area (Å²) in [5.41, 5.74) is 5.36. The molecule has 0 rings (SSSR count). The molecule has 0 radical (unpaired) electrons. The van der Waals surface area contributed by atoms with Crippen LogP contribution >= 0.6 is 12.2 Å². The topological polar surface area (TPSA) is 64.3 Å². The Hall–Kier alpha value is -0.680. The standard InChI is InChI=1S/C11H22N2O2S/c1-2-15-9-5-7-11(14)13-8-4-3-6-10(12)16/h2-9H2,1H3,(H2,12,16)(H,13,14). The molecule has 0 aromatic heterocycles. The van der Waals surface area contributed by atoms with Gasteiger partial charge in [0, 0.05) is 26.2 Å². The molecular weight excluding hydrogens is 224 g/mol. The minimum Gasteiger partial charge on any atom is -0.393 e. The highest BCUT2D eigenvalue weighted by atomic mass is 32.1. The number of hydrogen-bond donors (Lipinski definition) is 2. The number of amides is 1. The molecule has 0 aliphatic heterocycles. The third-order valence-electron chi connectivity index (χ3n) is 2.07.